The summed E-state index contributed by atoms with van der Waals surface area (Å²) in [6, 6.07) is 8.34. The van der Waals surface area contributed by atoms with Crippen molar-refractivity contribution in [3.63, 3.8) is 0 Å². The van der Waals surface area contributed by atoms with Gasteiger partial charge in [0, 0.05) is 23.4 Å². The Bertz CT molecular complexity index is 996. The van der Waals surface area contributed by atoms with Gasteiger partial charge in [-0.25, -0.2) is 9.78 Å². The second-order valence-electron chi connectivity index (χ2n) is 5.61. The summed E-state index contributed by atoms with van der Waals surface area (Å²) in [5.74, 6) is -0.448. The maximum atomic E-state index is 12.5. The van der Waals surface area contributed by atoms with Crippen molar-refractivity contribution in [1.82, 2.24) is 15.1 Å². The van der Waals surface area contributed by atoms with Gasteiger partial charge in [0.2, 0.25) is 17.6 Å². The Morgan fingerprint density at radius 1 is 1.18 bits per heavy atom. The summed E-state index contributed by atoms with van der Waals surface area (Å²) in [5.41, 5.74) is -0.375. The van der Waals surface area contributed by atoms with E-state index in [4.69, 9.17) is 14.4 Å². The number of carbonyl (C=O) groups is 1. The number of hydrogen-bond donors (Lipinski definition) is 1. The van der Waals surface area contributed by atoms with Gasteiger partial charge in [0.1, 0.15) is 5.75 Å². The zero-order valence-electron chi connectivity index (χ0n) is 14.1. The van der Waals surface area contributed by atoms with Gasteiger partial charge in [-0.15, -0.1) is 0 Å². The van der Waals surface area contributed by atoms with E-state index < -0.39 is 17.7 Å². The Balaban J connectivity index is 1.68. The molecular formula is C18H12F3N3O4. The quantitative estimate of drug-likeness (QED) is 0.631. The summed E-state index contributed by atoms with van der Waals surface area (Å²) < 4.78 is 48.0. The monoisotopic (exact) mass is 391 g/mol. The average molecular weight is 391 g/mol. The van der Waals surface area contributed by atoms with Gasteiger partial charge >= 0.3 is 12.1 Å². The highest BCUT2D eigenvalue weighted by Crippen LogP contribution is 2.30. The molecule has 10 heteroatoms. The number of aromatic nitrogens is 3. The lowest BCUT2D eigenvalue weighted by Gasteiger charge is -2.08. The number of carboxylic acid groups (broad SMARTS) is 1. The molecule has 2 heterocycles. The lowest BCUT2D eigenvalue weighted by Crippen LogP contribution is -2.05. The van der Waals surface area contributed by atoms with E-state index in [0.29, 0.717) is 17.5 Å². The lowest BCUT2D eigenvalue weighted by atomic mass is 10.2. The van der Waals surface area contributed by atoms with Gasteiger partial charge in [0.05, 0.1) is 12.0 Å². The Kier molecular flexibility index (Phi) is 5.12. The third-order valence-electron chi connectivity index (χ3n) is 3.53. The molecule has 1 N–H and O–H groups in total. The van der Waals surface area contributed by atoms with Crippen molar-refractivity contribution in [2.45, 2.75) is 12.6 Å². The van der Waals surface area contributed by atoms with Crippen LogP contribution in [0.5, 0.6) is 11.6 Å². The molecule has 0 bridgehead atoms. The third-order valence-corrected chi connectivity index (χ3v) is 3.53. The van der Waals surface area contributed by atoms with E-state index in [0.717, 1.165) is 12.1 Å². The highest BCUT2D eigenvalue weighted by molar-refractivity contribution is 5.86. The van der Waals surface area contributed by atoms with Crippen LogP contribution < -0.4 is 4.74 Å². The van der Waals surface area contributed by atoms with Gasteiger partial charge in [0.25, 0.3) is 0 Å². The fraction of sp³-hybridized carbons (Fsp3) is 0.111. The Morgan fingerprint density at radius 2 is 1.89 bits per heavy atom. The summed E-state index contributed by atoms with van der Waals surface area (Å²) in [4.78, 5) is 18.5. The van der Waals surface area contributed by atoms with E-state index >= 15 is 0 Å². The largest absolute Gasteiger partial charge is 0.478 e. The first-order valence-electron chi connectivity index (χ1n) is 7.77. The average Bonchev–Trinajstić information content (AvgIpc) is 3.10. The molecule has 2 aromatic heterocycles. The van der Waals surface area contributed by atoms with Crippen LogP contribution >= 0.6 is 0 Å². The number of ether oxygens (including phenoxy) is 1. The normalized spacial score (nSPS) is 11.2. The molecule has 144 valence electrons. The summed E-state index contributed by atoms with van der Waals surface area (Å²) in [7, 11) is 0. The molecule has 0 aliphatic rings. The predicted octanol–water partition coefficient (Wildman–Crippen LogP) is 4.13. The topological polar surface area (TPSA) is 98.3 Å². The van der Waals surface area contributed by atoms with Crippen molar-refractivity contribution in [2.24, 2.45) is 0 Å². The Morgan fingerprint density at radius 3 is 2.46 bits per heavy atom. The maximum Gasteiger partial charge on any atom is 0.417 e. The molecule has 0 spiro atoms. The van der Waals surface area contributed by atoms with E-state index in [-0.39, 0.29) is 29.6 Å². The number of pyridine rings is 1. The van der Waals surface area contributed by atoms with Gasteiger partial charge in [0.15, 0.2) is 0 Å². The smallest absolute Gasteiger partial charge is 0.417 e. The third kappa shape index (κ3) is 4.53. The van der Waals surface area contributed by atoms with Crippen LogP contribution in [0.1, 0.15) is 11.5 Å². The molecular weight excluding hydrogens is 379 g/mol. The fourth-order valence-corrected chi connectivity index (χ4v) is 2.10. The SMILES string of the molecule is C=C(Cc1nc(-c2ccc(Oc3ccc(C(F)(F)F)cn3)cc2)no1)C(=O)O. The van der Waals surface area contributed by atoms with Crippen LogP contribution in [0.3, 0.4) is 0 Å². The molecule has 0 amide bonds. The van der Waals surface area contributed by atoms with Crippen LogP contribution in [0.25, 0.3) is 11.4 Å². The standard InChI is InChI=1S/C18H12F3N3O4/c1-10(17(25)26)8-15-23-16(24-28-15)11-2-5-13(6-3-11)27-14-7-4-12(9-22-14)18(19,20)21/h2-7,9H,1,8H2,(H,25,26). The van der Waals surface area contributed by atoms with Gasteiger partial charge in [-0.1, -0.05) is 11.7 Å². The van der Waals surface area contributed by atoms with Crippen molar-refractivity contribution in [3.8, 4) is 23.0 Å². The minimum atomic E-state index is -4.46. The van der Waals surface area contributed by atoms with E-state index in [1.54, 1.807) is 24.3 Å². The molecule has 3 aromatic rings. The summed E-state index contributed by atoms with van der Waals surface area (Å²) in [6.45, 7) is 3.39. The molecule has 0 saturated carbocycles. The molecule has 3 rings (SSSR count). The highest BCUT2D eigenvalue weighted by atomic mass is 19.4. The second kappa shape index (κ2) is 7.51. The first kappa shape index (κ1) is 19.1. The molecule has 7 nitrogen and oxygen atoms in total. The van der Waals surface area contributed by atoms with Crippen LogP contribution in [0, 0.1) is 0 Å². The van der Waals surface area contributed by atoms with Crippen LogP contribution in [0.2, 0.25) is 0 Å². The molecule has 0 unspecified atom stereocenters. The number of halogens is 3. The number of benzene rings is 1. The molecule has 28 heavy (non-hydrogen) atoms. The number of nitrogens with zero attached hydrogens (tertiary/aromatic N) is 3. The summed E-state index contributed by atoms with van der Waals surface area (Å²) in [6.07, 6.45) is -3.86. The van der Waals surface area contributed by atoms with Gasteiger partial charge in [-0.3, -0.25) is 0 Å². The molecule has 1 aromatic carbocycles. The fourth-order valence-electron chi connectivity index (χ4n) is 2.10. The van der Waals surface area contributed by atoms with Crippen molar-refractivity contribution in [1.29, 1.82) is 0 Å². The molecule has 0 aliphatic heterocycles. The number of aliphatic carboxylic acids is 1. The van der Waals surface area contributed by atoms with E-state index in [1.165, 1.54) is 0 Å². The number of rotatable bonds is 6. The molecule has 0 fully saturated rings. The van der Waals surface area contributed by atoms with Crippen LogP contribution in [-0.2, 0) is 17.4 Å². The van der Waals surface area contributed by atoms with E-state index in [2.05, 4.69) is 21.7 Å². The predicted molar refractivity (Wildman–Crippen MR) is 89.5 cm³/mol. The molecule has 0 saturated heterocycles. The first-order valence-corrected chi connectivity index (χ1v) is 7.77. The summed E-state index contributed by atoms with van der Waals surface area (Å²) in [5, 5.41) is 12.6. The minimum absolute atomic E-state index is 0.00906. The van der Waals surface area contributed by atoms with Crippen LogP contribution in [0.15, 0.2) is 59.3 Å². The van der Waals surface area contributed by atoms with Crippen molar-refractivity contribution in [2.75, 3.05) is 0 Å². The van der Waals surface area contributed by atoms with Crippen molar-refractivity contribution in [3.05, 3.63) is 66.2 Å². The molecule has 0 radical (unpaired) electrons. The Hall–Kier alpha value is -3.69. The highest BCUT2D eigenvalue weighted by Gasteiger charge is 2.30. The lowest BCUT2D eigenvalue weighted by molar-refractivity contribution is -0.138. The number of hydrogen-bond acceptors (Lipinski definition) is 6. The minimum Gasteiger partial charge on any atom is -0.478 e. The number of carboxylic acids is 1. The number of alkyl halides is 3. The van der Waals surface area contributed by atoms with Gasteiger partial charge < -0.3 is 14.4 Å². The second-order valence-corrected chi connectivity index (χ2v) is 5.61. The zero-order chi connectivity index (χ0) is 20.3. The Labute approximate surface area is 156 Å². The van der Waals surface area contributed by atoms with Gasteiger partial charge in [-0.05, 0) is 30.3 Å². The van der Waals surface area contributed by atoms with E-state index in [9.17, 15) is 18.0 Å². The van der Waals surface area contributed by atoms with Crippen molar-refractivity contribution < 1.29 is 32.3 Å². The van der Waals surface area contributed by atoms with Crippen molar-refractivity contribution >= 4 is 5.97 Å². The first-order chi connectivity index (χ1) is 13.2. The van der Waals surface area contributed by atoms with Crippen LogP contribution in [0.4, 0.5) is 13.2 Å². The zero-order valence-corrected chi connectivity index (χ0v) is 14.1. The van der Waals surface area contributed by atoms with Crippen LogP contribution in [-0.4, -0.2) is 26.2 Å². The van der Waals surface area contributed by atoms with E-state index in [1.807, 2.05) is 0 Å². The van der Waals surface area contributed by atoms with Gasteiger partial charge in [-0.2, -0.15) is 18.2 Å². The molecule has 0 aliphatic carbocycles. The maximum absolute atomic E-state index is 12.5. The molecule has 0 atom stereocenters. The summed E-state index contributed by atoms with van der Waals surface area (Å²) >= 11 is 0.